The van der Waals surface area contributed by atoms with Gasteiger partial charge in [0.2, 0.25) is 0 Å². The van der Waals surface area contributed by atoms with Crippen LogP contribution in [0.15, 0.2) is 23.1 Å². The van der Waals surface area contributed by atoms with Crippen LogP contribution >= 0.6 is 11.8 Å². The highest BCUT2D eigenvalue weighted by Crippen LogP contribution is 2.34. The lowest BCUT2D eigenvalue weighted by atomic mass is 10.0. The lowest BCUT2D eigenvalue weighted by molar-refractivity contribution is -0.122. The minimum Gasteiger partial charge on any atom is -0.385 e. The molecular formula is C23H28N2O3S. The van der Waals surface area contributed by atoms with Gasteiger partial charge in [-0.3, -0.25) is 14.5 Å². The quantitative estimate of drug-likeness (QED) is 0.490. The van der Waals surface area contributed by atoms with Crippen LogP contribution in [0.4, 0.5) is 4.79 Å². The molecule has 5 nitrogen and oxygen atoms in total. The van der Waals surface area contributed by atoms with Crippen molar-refractivity contribution in [1.82, 2.24) is 9.47 Å². The zero-order chi connectivity index (χ0) is 21.3. The van der Waals surface area contributed by atoms with Gasteiger partial charge in [0, 0.05) is 31.6 Å². The monoisotopic (exact) mass is 412 g/mol. The Morgan fingerprint density at radius 2 is 1.69 bits per heavy atom. The normalized spacial score (nSPS) is 15.8. The highest BCUT2D eigenvalue weighted by Gasteiger charge is 2.34. The molecule has 1 saturated heterocycles. The van der Waals surface area contributed by atoms with Gasteiger partial charge in [-0.05, 0) is 81.6 Å². The maximum absolute atomic E-state index is 12.7. The van der Waals surface area contributed by atoms with Crippen LogP contribution in [-0.2, 0) is 9.53 Å². The van der Waals surface area contributed by atoms with Crippen LogP contribution < -0.4 is 0 Å². The summed E-state index contributed by atoms with van der Waals surface area (Å²) in [5.41, 5.74) is 7.98. The minimum atomic E-state index is -0.219. The van der Waals surface area contributed by atoms with Crippen LogP contribution in [0.5, 0.6) is 0 Å². The number of benzene rings is 1. The summed E-state index contributed by atoms with van der Waals surface area (Å²) >= 11 is 1.01. The zero-order valence-electron chi connectivity index (χ0n) is 18.0. The van der Waals surface area contributed by atoms with Gasteiger partial charge in [-0.1, -0.05) is 17.7 Å². The van der Waals surface area contributed by atoms with E-state index in [0.29, 0.717) is 24.5 Å². The Morgan fingerprint density at radius 1 is 1.03 bits per heavy atom. The number of nitrogens with zero attached hydrogens (tertiary/aromatic N) is 2. The fraction of sp³-hybridized carbons (Fsp3) is 0.391. The Hall–Kier alpha value is -2.31. The Kier molecular flexibility index (Phi) is 6.34. The first-order valence-corrected chi connectivity index (χ1v) is 10.6. The first-order valence-electron chi connectivity index (χ1n) is 9.76. The molecule has 2 heterocycles. The molecule has 0 bridgehead atoms. The Labute approximate surface area is 176 Å². The second kappa shape index (κ2) is 8.59. The van der Waals surface area contributed by atoms with Crippen molar-refractivity contribution >= 4 is 29.0 Å². The number of hydrogen-bond acceptors (Lipinski definition) is 4. The number of carbonyl (C=O) groups is 2. The minimum absolute atomic E-state index is 0.212. The number of thioether (sulfide) groups is 1. The number of amides is 2. The fourth-order valence-electron chi connectivity index (χ4n) is 4.00. The molecule has 1 aliphatic rings. The standard InChI is InChI=1S/C23H28N2O3S/c1-14-10-15(2)21(16(3)11-14)25-17(4)12-19(18(25)5)13-20-22(26)24(23(27)29-20)8-7-9-28-6/h10-13H,7-9H2,1-6H3/b20-13+. The lowest BCUT2D eigenvalue weighted by Gasteiger charge is -2.17. The third-order valence-electron chi connectivity index (χ3n) is 5.22. The van der Waals surface area contributed by atoms with Gasteiger partial charge in [-0.25, -0.2) is 0 Å². The number of imide groups is 1. The maximum Gasteiger partial charge on any atom is 0.293 e. The number of hydrogen-bond donors (Lipinski definition) is 0. The van der Waals surface area contributed by atoms with E-state index in [4.69, 9.17) is 4.74 Å². The number of carbonyl (C=O) groups excluding carboxylic acids is 2. The molecule has 3 rings (SSSR count). The Morgan fingerprint density at radius 3 is 2.31 bits per heavy atom. The molecule has 2 amide bonds. The van der Waals surface area contributed by atoms with E-state index in [1.807, 2.05) is 6.08 Å². The second-order valence-corrected chi connectivity index (χ2v) is 8.58. The number of aromatic nitrogens is 1. The first-order chi connectivity index (χ1) is 13.7. The van der Waals surface area contributed by atoms with Gasteiger partial charge in [-0.15, -0.1) is 0 Å². The summed E-state index contributed by atoms with van der Waals surface area (Å²) < 4.78 is 7.26. The van der Waals surface area contributed by atoms with E-state index >= 15 is 0 Å². The van der Waals surface area contributed by atoms with Crippen molar-refractivity contribution < 1.29 is 14.3 Å². The summed E-state index contributed by atoms with van der Waals surface area (Å²) in [4.78, 5) is 26.7. The van der Waals surface area contributed by atoms with Crippen molar-refractivity contribution in [3.05, 3.63) is 56.7 Å². The van der Waals surface area contributed by atoms with E-state index < -0.39 is 0 Å². The average molecular weight is 413 g/mol. The molecule has 0 saturated carbocycles. The number of rotatable bonds is 6. The van der Waals surface area contributed by atoms with Gasteiger partial charge in [0.15, 0.2) is 0 Å². The molecule has 6 heteroatoms. The molecule has 1 aromatic carbocycles. The molecule has 29 heavy (non-hydrogen) atoms. The molecule has 0 aliphatic carbocycles. The number of ether oxygens (including phenoxy) is 1. The van der Waals surface area contributed by atoms with E-state index in [0.717, 1.165) is 28.7 Å². The second-order valence-electron chi connectivity index (χ2n) is 7.59. The summed E-state index contributed by atoms with van der Waals surface area (Å²) in [5.74, 6) is -0.219. The number of methoxy groups -OCH3 is 1. The van der Waals surface area contributed by atoms with Crippen LogP contribution in [0.2, 0.25) is 0 Å². The van der Waals surface area contributed by atoms with E-state index in [2.05, 4.69) is 57.4 Å². The van der Waals surface area contributed by atoms with Gasteiger partial charge in [0.25, 0.3) is 11.1 Å². The largest absolute Gasteiger partial charge is 0.385 e. The predicted octanol–water partition coefficient (Wildman–Crippen LogP) is 5.09. The van der Waals surface area contributed by atoms with Gasteiger partial charge >= 0.3 is 0 Å². The molecule has 2 aromatic rings. The molecule has 1 aromatic heterocycles. The van der Waals surface area contributed by atoms with E-state index in [9.17, 15) is 9.59 Å². The van der Waals surface area contributed by atoms with Crippen molar-refractivity contribution in [3.63, 3.8) is 0 Å². The third kappa shape index (κ3) is 4.19. The van der Waals surface area contributed by atoms with Crippen molar-refractivity contribution in [3.8, 4) is 5.69 Å². The smallest absolute Gasteiger partial charge is 0.293 e. The lowest BCUT2D eigenvalue weighted by Crippen LogP contribution is -2.29. The average Bonchev–Trinajstić information content (AvgIpc) is 3.05. The Balaban J connectivity index is 1.96. The van der Waals surface area contributed by atoms with Crippen LogP contribution in [0, 0.1) is 34.6 Å². The van der Waals surface area contributed by atoms with Gasteiger partial charge in [-0.2, -0.15) is 0 Å². The van der Waals surface area contributed by atoms with E-state index in [-0.39, 0.29) is 11.1 Å². The molecule has 0 radical (unpaired) electrons. The maximum atomic E-state index is 12.7. The van der Waals surface area contributed by atoms with E-state index in [1.54, 1.807) is 7.11 Å². The van der Waals surface area contributed by atoms with Gasteiger partial charge < -0.3 is 9.30 Å². The number of aryl methyl sites for hydroxylation is 4. The first kappa shape index (κ1) is 21.4. The summed E-state index contributed by atoms with van der Waals surface area (Å²) in [6, 6.07) is 6.45. The molecular weight excluding hydrogens is 384 g/mol. The van der Waals surface area contributed by atoms with Crippen LogP contribution in [0.3, 0.4) is 0 Å². The molecule has 1 fully saturated rings. The molecule has 0 unspecified atom stereocenters. The highest BCUT2D eigenvalue weighted by atomic mass is 32.2. The highest BCUT2D eigenvalue weighted by molar-refractivity contribution is 8.18. The molecule has 1 aliphatic heterocycles. The van der Waals surface area contributed by atoms with Crippen LogP contribution in [-0.4, -0.2) is 40.9 Å². The third-order valence-corrected chi connectivity index (χ3v) is 6.13. The predicted molar refractivity (Wildman–Crippen MR) is 119 cm³/mol. The van der Waals surface area contributed by atoms with E-state index in [1.165, 1.54) is 27.3 Å². The van der Waals surface area contributed by atoms with Crippen LogP contribution in [0.25, 0.3) is 11.8 Å². The molecule has 0 atom stereocenters. The Bertz CT molecular complexity index is 981. The summed E-state index contributed by atoms with van der Waals surface area (Å²) in [6.45, 7) is 11.4. The SMILES string of the molecule is COCCCN1C(=O)S/C(=C/c2cc(C)n(-c3c(C)cc(C)cc3C)c2C)C1=O. The van der Waals surface area contributed by atoms with Crippen LogP contribution in [0.1, 0.15) is 40.1 Å². The molecule has 0 N–H and O–H groups in total. The summed E-state index contributed by atoms with van der Waals surface area (Å²) in [7, 11) is 1.61. The van der Waals surface area contributed by atoms with Crippen molar-refractivity contribution in [2.45, 2.75) is 41.0 Å². The van der Waals surface area contributed by atoms with Crippen molar-refractivity contribution in [2.24, 2.45) is 0 Å². The van der Waals surface area contributed by atoms with Gasteiger partial charge in [0.1, 0.15) is 0 Å². The zero-order valence-corrected chi connectivity index (χ0v) is 18.8. The molecule has 154 valence electrons. The summed E-state index contributed by atoms with van der Waals surface area (Å²) in [6.07, 6.45) is 2.49. The summed E-state index contributed by atoms with van der Waals surface area (Å²) in [5, 5.41) is -0.212. The van der Waals surface area contributed by atoms with Crippen molar-refractivity contribution in [1.29, 1.82) is 0 Å². The topological polar surface area (TPSA) is 51.5 Å². The fourth-order valence-corrected chi connectivity index (χ4v) is 4.86. The van der Waals surface area contributed by atoms with Gasteiger partial charge in [0.05, 0.1) is 10.6 Å². The molecule has 0 spiro atoms. The van der Waals surface area contributed by atoms with Crippen molar-refractivity contribution in [2.75, 3.05) is 20.3 Å².